The van der Waals surface area contributed by atoms with Crippen LogP contribution in [0.2, 0.25) is 0 Å². The molecule has 0 aromatic heterocycles. The molecule has 0 spiro atoms. The van der Waals surface area contributed by atoms with Gasteiger partial charge in [-0.1, -0.05) is 40.5 Å². The van der Waals surface area contributed by atoms with Crippen molar-refractivity contribution in [1.82, 2.24) is 5.43 Å². The first-order valence-corrected chi connectivity index (χ1v) is 5.53. The second kappa shape index (κ2) is 3.97. The molecular formula is C11H24N2. The lowest BCUT2D eigenvalue weighted by molar-refractivity contribution is 0.282. The summed E-state index contributed by atoms with van der Waals surface area (Å²) < 4.78 is 0. The Bertz CT molecular complexity index is 159. The van der Waals surface area contributed by atoms with Gasteiger partial charge in [0.15, 0.2) is 0 Å². The molecular weight excluding hydrogens is 160 g/mol. The molecule has 2 heteroatoms. The van der Waals surface area contributed by atoms with Gasteiger partial charge in [-0.15, -0.1) is 0 Å². The third kappa shape index (κ3) is 2.23. The molecule has 78 valence electrons. The lowest BCUT2D eigenvalue weighted by Gasteiger charge is -2.26. The third-order valence-corrected chi connectivity index (χ3v) is 3.77. The second-order valence-corrected chi connectivity index (χ2v) is 5.07. The summed E-state index contributed by atoms with van der Waals surface area (Å²) in [5.41, 5.74) is 3.55. The minimum atomic E-state index is 0.527. The molecule has 1 aliphatic rings. The summed E-state index contributed by atoms with van der Waals surface area (Å²) in [6.07, 6.45) is 3.80. The lowest BCUT2D eigenvalue weighted by atomic mass is 9.88. The van der Waals surface area contributed by atoms with Gasteiger partial charge in [-0.25, -0.2) is 0 Å². The maximum absolute atomic E-state index is 5.64. The molecule has 0 aromatic rings. The quantitative estimate of drug-likeness (QED) is 0.508. The predicted octanol–water partition coefficient (Wildman–Crippen LogP) is 2.30. The number of hydrazine groups is 1. The van der Waals surface area contributed by atoms with Gasteiger partial charge < -0.3 is 0 Å². The van der Waals surface area contributed by atoms with Crippen LogP contribution in [-0.2, 0) is 0 Å². The van der Waals surface area contributed by atoms with Crippen molar-refractivity contribution >= 4 is 0 Å². The number of hydrogen-bond acceptors (Lipinski definition) is 2. The minimum Gasteiger partial charge on any atom is -0.271 e. The van der Waals surface area contributed by atoms with Crippen LogP contribution in [0.5, 0.6) is 0 Å². The van der Waals surface area contributed by atoms with Gasteiger partial charge in [-0.2, -0.15) is 0 Å². The SMILES string of the molecule is CCC(CC)C(NN)C1CC1(C)C. The summed E-state index contributed by atoms with van der Waals surface area (Å²) in [5, 5.41) is 0. The summed E-state index contributed by atoms with van der Waals surface area (Å²) in [4.78, 5) is 0. The standard InChI is InChI=1S/C11H24N2/c1-5-8(6-2)10(13-12)9-7-11(9,3)4/h8-10,13H,5-7,12H2,1-4H3. The first-order valence-electron chi connectivity index (χ1n) is 5.53. The van der Waals surface area contributed by atoms with Gasteiger partial charge in [0.05, 0.1) is 0 Å². The van der Waals surface area contributed by atoms with E-state index >= 15 is 0 Å². The Kier molecular flexibility index (Phi) is 3.36. The van der Waals surface area contributed by atoms with E-state index in [2.05, 4.69) is 33.1 Å². The molecule has 1 rings (SSSR count). The summed E-state index contributed by atoms with van der Waals surface area (Å²) in [5.74, 6) is 7.18. The lowest BCUT2D eigenvalue weighted by Crippen LogP contribution is -2.43. The summed E-state index contributed by atoms with van der Waals surface area (Å²) in [6.45, 7) is 9.19. The largest absolute Gasteiger partial charge is 0.271 e. The van der Waals surface area contributed by atoms with Crippen LogP contribution in [-0.4, -0.2) is 6.04 Å². The van der Waals surface area contributed by atoms with Crippen LogP contribution in [0.4, 0.5) is 0 Å². The first kappa shape index (κ1) is 11.0. The van der Waals surface area contributed by atoms with E-state index in [0.717, 1.165) is 11.8 Å². The Morgan fingerprint density at radius 2 is 1.85 bits per heavy atom. The topological polar surface area (TPSA) is 38.0 Å². The van der Waals surface area contributed by atoms with Gasteiger partial charge in [0.2, 0.25) is 0 Å². The van der Waals surface area contributed by atoms with Crippen molar-refractivity contribution in [2.75, 3.05) is 0 Å². The molecule has 0 aromatic carbocycles. The molecule has 2 atom stereocenters. The summed E-state index contributed by atoms with van der Waals surface area (Å²) in [6, 6.07) is 0.532. The van der Waals surface area contributed by atoms with Gasteiger partial charge in [-0.05, 0) is 23.7 Å². The number of hydrogen-bond donors (Lipinski definition) is 2. The second-order valence-electron chi connectivity index (χ2n) is 5.07. The van der Waals surface area contributed by atoms with E-state index < -0.39 is 0 Å². The zero-order chi connectivity index (χ0) is 10.1. The molecule has 0 amide bonds. The van der Waals surface area contributed by atoms with Crippen molar-refractivity contribution in [3.8, 4) is 0 Å². The maximum Gasteiger partial charge on any atom is 0.0272 e. The fraction of sp³-hybridized carbons (Fsp3) is 1.00. The molecule has 2 unspecified atom stereocenters. The Morgan fingerprint density at radius 3 is 2.08 bits per heavy atom. The monoisotopic (exact) mass is 184 g/mol. The molecule has 13 heavy (non-hydrogen) atoms. The molecule has 1 saturated carbocycles. The number of nitrogens with two attached hydrogens (primary N) is 1. The van der Waals surface area contributed by atoms with Crippen molar-refractivity contribution < 1.29 is 0 Å². The van der Waals surface area contributed by atoms with Crippen LogP contribution in [0.25, 0.3) is 0 Å². The summed E-state index contributed by atoms with van der Waals surface area (Å²) in [7, 11) is 0. The third-order valence-electron chi connectivity index (χ3n) is 3.77. The fourth-order valence-corrected chi connectivity index (χ4v) is 2.50. The van der Waals surface area contributed by atoms with E-state index in [-0.39, 0.29) is 0 Å². The Balaban J connectivity index is 2.53. The van der Waals surface area contributed by atoms with Crippen LogP contribution < -0.4 is 11.3 Å². The Labute approximate surface area is 82.2 Å². The van der Waals surface area contributed by atoms with Gasteiger partial charge in [0, 0.05) is 6.04 Å². The minimum absolute atomic E-state index is 0.527. The fourth-order valence-electron chi connectivity index (χ4n) is 2.50. The Hall–Kier alpha value is -0.0800. The van der Waals surface area contributed by atoms with Crippen LogP contribution in [0.15, 0.2) is 0 Å². The zero-order valence-electron chi connectivity index (χ0n) is 9.43. The molecule has 0 bridgehead atoms. The normalized spacial score (nSPS) is 27.7. The highest BCUT2D eigenvalue weighted by molar-refractivity contribution is 5.02. The molecule has 2 nitrogen and oxygen atoms in total. The predicted molar refractivity (Wildman–Crippen MR) is 57.1 cm³/mol. The highest BCUT2D eigenvalue weighted by Crippen LogP contribution is 2.55. The molecule has 0 aliphatic heterocycles. The van der Waals surface area contributed by atoms with E-state index in [4.69, 9.17) is 5.84 Å². The van der Waals surface area contributed by atoms with Crippen molar-refractivity contribution in [3.05, 3.63) is 0 Å². The van der Waals surface area contributed by atoms with E-state index in [9.17, 15) is 0 Å². The molecule has 1 fully saturated rings. The average Bonchev–Trinajstić information content (AvgIpc) is 2.70. The van der Waals surface area contributed by atoms with Crippen LogP contribution in [0.3, 0.4) is 0 Å². The van der Waals surface area contributed by atoms with Gasteiger partial charge in [0.1, 0.15) is 0 Å². The van der Waals surface area contributed by atoms with Gasteiger partial charge in [-0.3, -0.25) is 11.3 Å². The highest BCUT2D eigenvalue weighted by Gasteiger charge is 2.51. The number of nitrogens with one attached hydrogen (secondary N) is 1. The average molecular weight is 184 g/mol. The summed E-state index contributed by atoms with van der Waals surface area (Å²) >= 11 is 0. The first-order chi connectivity index (χ1) is 6.06. The van der Waals surface area contributed by atoms with Crippen molar-refractivity contribution in [3.63, 3.8) is 0 Å². The molecule has 0 heterocycles. The van der Waals surface area contributed by atoms with Crippen LogP contribution >= 0.6 is 0 Å². The molecule has 0 radical (unpaired) electrons. The molecule has 3 N–H and O–H groups in total. The van der Waals surface area contributed by atoms with E-state index in [1.54, 1.807) is 0 Å². The van der Waals surface area contributed by atoms with Crippen LogP contribution in [0.1, 0.15) is 47.0 Å². The van der Waals surface area contributed by atoms with Crippen molar-refractivity contribution in [1.29, 1.82) is 0 Å². The highest BCUT2D eigenvalue weighted by atomic mass is 15.2. The molecule has 0 saturated heterocycles. The van der Waals surface area contributed by atoms with E-state index in [1.165, 1.54) is 19.3 Å². The van der Waals surface area contributed by atoms with Crippen LogP contribution in [0, 0.1) is 17.3 Å². The molecule has 1 aliphatic carbocycles. The van der Waals surface area contributed by atoms with E-state index in [1.807, 2.05) is 0 Å². The van der Waals surface area contributed by atoms with Crippen molar-refractivity contribution in [2.24, 2.45) is 23.1 Å². The van der Waals surface area contributed by atoms with E-state index in [0.29, 0.717) is 11.5 Å². The smallest absolute Gasteiger partial charge is 0.0272 e. The van der Waals surface area contributed by atoms with Crippen molar-refractivity contribution in [2.45, 2.75) is 53.0 Å². The zero-order valence-corrected chi connectivity index (χ0v) is 9.43. The number of rotatable bonds is 5. The van der Waals surface area contributed by atoms with Gasteiger partial charge in [0.25, 0.3) is 0 Å². The maximum atomic E-state index is 5.64. The van der Waals surface area contributed by atoms with Gasteiger partial charge >= 0.3 is 0 Å². The Morgan fingerprint density at radius 1 is 1.38 bits per heavy atom.